The first-order chi connectivity index (χ1) is 5.77. The fourth-order valence-corrected chi connectivity index (χ4v) is 1.47. The highest BCUT2D eigenvalue weighted by Gasteiger charge is 2.33. The summed E-state index contributed by atoms with van der Waals surface area (Å²) in [6, 6.07) is -0.712. The zero-order valence-electron chi connectivity index (χ0n) is 6.54. The molecule has 2 amide bonds. The maximum atomic E-state index is 11.2. The first kappa shape index (κ1) is 7.34. The van der Waals surface area contributed by atoms with Crippen molar-refractivity contribution in [2.24, 2.45) is 0 Å². The fraction of sp³-hybridized carbons (Fsp3) is 0.500. The summed E-state index contributed by atoms with van der Waals surface area (Å²) in [5.41, 5.74) is 0. The van der Waals surface area contributed by atoms with E-state index in [0.717, 1.165) is 0 Å². The van der Waals surface area contributed by atoms with Crippen molar-refractivity contribution in [2.75, 3.05) is 0 Å². The Balaban J connectivity index is 2.27. The van der Waals surface area contributed by atoms with Crippen LogP contribution in [-0.2, 0) is 9.59 Å². The lowest BCUT2D eigenvalue weighted by Gasteiger charge is -2.30. The molecule has 0 aliphatic carbocycles. The number of hydrogen-bond donors (Lipinski definition) is 2. The first-order valence-electron chi connectivity index (χ1n) is 4.03. The smallest absolute Gasteiger partial charge is 0.243 e. The molecule has 3 rings (SSSR count). The molecule has 0 aromatic heterocycles. The molecule has 2 unspecified atom stereocenters. The third-order valence-corrected chi connectivity index (χ3v) is 2.18. The van der Waals surface area contributed by atoms with Crippen LogP contribution in [0.2, 0.25) is 0 Å². The number of amides is 2. The van der Waals surface area contributed by atoms with Crippen molar-refractivity contribution in [1.29, 1.82) is 0 Å². The van der Waals surface area contributed by atoms with Crippen molar-refractivity contribution in [1.82, 2.24) is 10.6 Å². The molecule has 0 spiro atoms. The van der Waals surface area contributed by atoms with Crippen LogP contribution in [0.5, 0.6) is 0 Å². The van der Waals surface area contributed by atoms with Crippen LogP contribution in [0.4, 0.5) is 0 Å². The van der Waals surface area contributed by atoms with Crippen molar-refractivity contribution in [3.05, 3.63) is 12.2 Å². The number of rotatable bonds is 0. The summed E-state index contributed by atoms with van der Waals surface area (Å²) >= 11 is 0. The third-order valence-electron chi connectivity index (χ3n) is 2.18. The fourth-order valence-electron chi connectivity index (χ4n) is 1.47. The Bertz CT molecular complexity index is 234. The zero-order valence-corrected chi connectivity index (χ0v) is 6.54. The molecule has 0 saturated carbocycles. The van der Waals surface area contributed by atoms with Gasteiger partial charge in [-0.15, -0.1) is 0 Å². The van der Waals surface area contributed by atoms with Gasteiger partial charge in [-0.25, -0.2) is 0 Å². The molecule has 0 aromatic rings. The molecule has 2 atom stereocenters. The minimum absolute atomic E-state index is 0.0658. The summed E-state index contributed by atoms with van der Waals surface area (Å²) in [4.78, 5) is 22.4. The summed E-state index contributed by atoms with van der Waals surface area (Å²) in [7, 11) is 0. The lowest BCUT2D eigenvalue weighted by atomic mass is 10.0. The number of carbonyl (C=O) groups is 2. The Hall–Kier alpha value is -1.32. The SMILES string of the molecule is O=C1NC2C/C=C\CC1NC2=O. The normalized spacial score (nSPS) is 36.3. The van der Waals surface area contributed by atoms with Gasteiger partial charge in [0.25, 0.3) is 0 Å². The summed E-state index contributed by atoms with van der Waals surface area (Å²) in [6.07, 6.45) is 5.08. The van der Waals surface area contributed by atoms with Gasteiger partial charge in [-0.2, -0.15) is 0 Å². The van der Waals surface area contributed by atoms with Gasteiger partial charge in [-0.1, -0.05) is 12.2 Å². The van der Waals surface area contributed by atoms with E-state index >= 15 is 0 Å². The second-order valence-electron chi connectivity index (χ2n) is 3.07. The lowest BCUT2D eigenvalue weighted by molar-refractivity contribution is -0.136. The van der Waals surface area contributed by atoms with Crippen LogP contribution in [0.15, 0.2) is 12.2 Å². The topological polar surface area (TPSA) is 58.2 Å². The van der Waals surface area contributed by atoms with Crippen LogP contribution in [0.3, 0.4) is 0 Å². The summed E-state index contributed by atoms with van der Waals surface area (Å²) in [5.74, 6) is -0.132. The number of piperazine rings is 1. The van der Waals surface area contributed by atoms with Crippen LogP contribution >= 0.6 is 0 Å². The molecule has 3 aliphatic rings. The highest BCUT2D eigenvalue weighted by atomic mass is 16.2. The average molecular weight is 166 g/mol. The standard InChI is InChI=1S/C8H10N2O2/c11-7-5-3-1-2-4-6(10-7)8(12)9-5/h1-2,5-6H,3-4H2,(H,9,12)(H,10,11)/b2-1-. The van der Waals surface area contributed by atoms with E-state index in [9.17, 15) is 9.59 Å². The molecule has 2 N–H and O–H groups in total. The molecule has 2 bridgehead atoms. The van der Waals surface area contributed by atoms with Crippen molar-refractivity contribution < 1.29 is 9.59 Å². The Morgan fingerprint density at radius 3 is 1.83 bits per heavy atom. The molecule has 12 heavy (non-hydrogen) atoms. The summed E-state index contributed by atoms with van der Waals surface area (Å²) in [6.45, 7) is 0. The highest BCUT2D eigenvalue weighted by Crippen LogP contribution is 2.09. The molecule has 0 aromatic carbocycles. The largest absolute Gasteiger partial charge is 0.342 e. The molecular weight excluding hydrogens is 156 g/mol. The van der Waals surface area contributed by atoms with Gasteiger partial charge in [0.15, 0.2) is 0 Å². The minimum atomic E-state index is -0.356. The van der Waals surface area contributed by atoms with Gasteiger partial charge < -0.3 is 10.6 Å². The predicted octanol–water partition coefficient (Wildman–Crippen LogP) is -0.680. The van der Waals surface area contributed by atoms with Crippen LogP contribution in [0.25, 0.3) is 0 Å². The molecule has 3 heterocycles. The quantitative estimate of drug-likeness (QED) is 0.468. The third kappa shape index (κ3) is 1.09. The molecule has 64 valence electrons. The van der Waals surface area contributed by atoms with Gasteiger partial charge in [-0.3, -0.25) is 9.59 Å². The highest BCUT2D eigenvalue weighted by molar-refractivity contribution is 5.97. The van der Waals surface area contributed by atoms with E-state index in [1.54, 1.807) is 0 Å². The van der Waals surface area contributed by atoms with Crippen molar-refractivity contribution in [3.8, 4) is 0 Å². The lowest BCUT2D eigenvalue weighted by Crippen LogP contribution is -2.61. The van der Waals surface area contributed by atoms with Gasteiger partial charge in [0.1, 0.15) is 12.1 Å². The second kappa shape index (κ2) is 2.62. The second-order valence-corrected chi connectivity index (χ2v) is 3.07. The molecule has 1 fully saturated rings. The van der Waals surface area contributed by atoms with Gasteiger partial charge in [0, 0.05) is 0 Å². The van der Waals surface area contributed by atoms with Crippen LogP contribution < -0.4 is 10.6 Å². The molecule has 3 aliphatic heterocycles. The van der Waals surface area contributed by atoms with Crippen LogP contribution in [0.1, 0.15) is 12.8 Å². The number of nitrogens with one attached hydrogen (secondary N) is 2. The predicted molar refractivity (Wildman–Crippen MR) is 42.2 cm³/mol. The van der Waals surface area contributed by atoms with E-state index in [2.05, 4.69) is 10.6 Å². The zero-order chi connectivity index (χ0) is 8.55. The minimum Gasteiger partial charge on any atom is -0.342 e. The maximum absolute atomic E-state index is 11.2. The number of carbonyl (C=O) groups excluding carboxylic acids is 2. The molecule has 4 nitrogen and oxygen atoms in total. The van der Waals surface area contributed by atoms with Crippen molar-refractivity contribution >= 4 is 11.8 Å². The van der Waals surface area contributed by atoms with Gasteiger partial charge in [-0.05, 0) is 12.8 Å². The summed E-state index contributed by atoms with van der Waals surface area (Å²) < 4.78 is 0. The van der Waals surface area contributed by atoms with E-state index in [-0.39, 0.29) is 23.9 Å². The Kier molecular flexibility index (Phi) is 1.60. The average Bonchev–Trinajstić information content (AvgIpc) is 2.00. The van der Waals surface area contributed by atoms with E-state index in [1.165, 1.54) is 0 Å². The Morgan fingerprint density at radius 1 is 1.00 bits per heavy atom. The maximum Gasteiger partial charge on any atom is 0.243 e. The van der Waals surface area contributed by atoms with Crippen molar-refractivity contribution in [3.63, 3.8) is 0 Å². The monoisotopic (exact) mass is 166 g/mol. The molecule has 1 saturated heterocycles. The Morgan fingerprint density at radius 2 is 1.42 bits per heavy atom. The number of hydrogen-bond acceptors (Lipinski definition) is 2. The van der Waals surface area contributed by atoms with Crippen molar-refractivity contribution in [2.45, 2.75) is 24.9 Å². The van der Waals surface area contributed by atoms with E-state index in [1.807, 2.05) is 12.2 Å². The van der Waals surface area contributed by atoms with Gasteiger partial charge in [0.2, 0.25) is 11.8 Å². The molecule has 0 radical (unpaired) electrons. The van der Waals surface area contributed by atoms with Gasteiger partial charge in [0.05, 0.1) is 0 Å². The van der Waals surface area contributed by atoms with E-state index < -0.39 is 0 Å². The first-order valence-corrected chi connectivity index (χ1v) is 4.03. The summed E-state index contributed by atoms with van der Waals surface area (Å²) in [5, 5.41) is 5.33. The number of fused-ring (bicyclic) bond motifs is 4. The van der Waals surface area contributed by atoms with Crippen LogP contribution in [-0.4, -0.2) is 23.9 Å². The van der Waals surface area contributed by atoms with E-state index in [4.69, 9.17) is 0 Å². The van der Waals surface area contributed by atoms with Gasteiger partial charge >= 0.3 is 0 Å². The Labute approximate surface area is 70.0 Å². The molecule has 4 heteroatoms. The van der Waals surface area contributed by atoms with E-state index in [0.29, 0.717) is 12.8 Å². The van der Waals surface area contributed by atoms with Crippen LogP contribution in [0, 0.1) is 0 Å². The molecular formula is C8H10N2O2.